The largest absolute Gasteiger partial charge is 0.497 e. The van der Waals surface area contributed by atoms with E-state index in [1.54, 1.807) is 46.8 Å². The van der Waals surface area contributed by atoms with E-state index in [0.717, 1.165) is 0 Å². The van der Waals surface area contributed by atoms with Crippen molar-refractivity contribution < 1.29 is 22.7 Å². The van der Waals surface area contributed by atoms with Gasteiger partial charge in [-0.05, 0) is 58.4 Å². The molecule has 1 aromatic rings. The lowest BCUT2D eigenvalue weighted by molar-refractivity contribution is 0.0504. The third kappa shape index (κ3) is 6.21. The number of aryl methyl sites for hydroxylation is 1. The van der Waals surface area contributed by atoms with Gasteiger partial charge in [0, 0.05) is 19.6 Å². The number of sulfonamides is 1. The first kappa shape index (κ1) is 21.2. The number of alkyl carbamates (subject to hydrolysis) is 1. The summed E-state index contributed by atoms with van der Waals surface area (Å²) in [6.07, 6.45) is -0.577. The van der Waals surface area contributed by atoms with Crippen LogP contribution in [0.2, 0.25) is 0 Å². The zero-order chi connectivity index (χ0) is 19.4. The van der Waals surface area contributed by atoms with Crippen LogP contribution in [-0.4, -0.2) is 51.2 Å². The van der Waals surface area contributed by atoms with Gasteiger partial charge in [0.1, 0.15) is 11.4 Å². The summed E-state index contributed by atoms with van der Waals surface area (Å²) in [4.78, 5) is 12.0. The molecule has 0 aromatic heterocycles. The molecule has 0 fully saturated rings. The molecule has 1 N–H and O–H groups in total. The van der Waals surface area contributed by atoms with E-state index >= 15 is 0 Å². The van der Waals surface area contributed by atoms with Crippen molar-refractivity contribution in [2.24, 2.45) is 0 Å². The molecule has 0 aliphatic rings. The summed E-state index contributed by atoms with van der Waals surface area (Å²) in [5.74, 6) is 0.596. The number of carbonyl (C=O) groups is 1. The van der Waals surface area contributed by atoms with E-state index in [0.29, 0.717) is 11.3 Å². The van der Waals surface area contributed by atoms with Crippen LogP contribution in [0.4, 0.5) is 4.79 Å². The third-order valence-corrected chi connectivity index (χ3v) is 5.35. The molecule has 8 heteroatoms. The molecule has 0 radical (unpaired) electrons. The number of methoxy groups -OCH3 is 1. The summed E-state index contributed by atoms with van der Waals surface area (Å²) in [6.45, 7) is 8.84. The Morgan fingerprint density at radius 3 is 2.40 bits per heavy atom. The van der Waals surface area contributed by atoms with Gasteiger partial charge in [-0.25, -0.2) is 13.2 Å². The van der Waals surface area contributed by atoms with Crippen LogP contribution in [0.15, 0.2) is 23.1 Å². The zero-order valence-corrected chi connectivity index (χ0v) is 16.7. The Morgan fingerprint density at radius 2 is 1.92 bits per heavy atom. The highest BCUT2D eigenvalue weighted by molar-refractivity contribution is 7.89. The van der Waals surface area contributed by atoms with E-state index in [9.17, 15) is 13.2 Å². The topological polar surface area (TPSA) is 84.9 Å². The summed E-state index contributed by atoms with van der Waals surface area (Å²) in [7, 11) is -0.670. The van der Waals surface area contributed by atoms with Gasteiger partial charge >= 0.3 is 6.09 Å². The van der Waals surface area contributed by atoms with E-state index < -0.39 is 27.8 Å². The van der Waals surface area contributed by atoms with E-state index in [-0.39, 0.29) is 11.4 Å². The predicted octanol–water partition coefficient (Wildman–Crippen LogP) is 2.54. The molecule has 0 heterocycles. The Labute approximate surface area is 150 Å². The van der Waals surface area contributed by atoms with Crippen LogP contribution < -0.4 is 10.1 Å². The van der Waals surface area contributed by atoms with Gasteiger partial charge in [0.15, 0.2) is 0 Å². The van der Waals surface area contributed by atoms with E-state index in [1.165, 1.54) is 24.5 Å². The van der Waals surface area contributed by atoms with Crippen molar-refractivity contribution in [3.05, 3.63) is 23.8 Å². The van der Waals surface area contributed by atoms with Crippen molar-refractivity contribution in [2.75, 3.05) is 20.7 Å². The average Bonchev–Trinajstić information content (AvgIpc) is 2.44. The summed E-state index contributed by atoms with van der Waals surface area (Å²) < 4.78 is 37.0. The van der Waals surface area contributed by atoms with E-state index in [1.807, 2.05) is 0 Å². The summed E-state index contributed by atoms with van der Waals surface area (Å²) in [6, 6.07) is 4.39. The maximum Gasteiger partial charge on any atom is 0.407 e. The number of rotatable bonds is 6. The molecule has 1 atom stereocenters. The van der Waals surface area contributed by atoms with Crippen LogP contribution in [0.1, 0.15) is 33.3 Å². The summed E-state index contributed by atoms with van der Waals surface area (Å²) >= 11 is 0. The fourth-order valence-electron chi connectivity index (χ4n) is 2.24. The van der Waals surface area contributed by atoms with Gasteiger partial charge < -0.3 is 14.8 Å². The van der Waals surface area contributed by atoms with Crippen LogP contribution in [0, 0.1) is 6.92 Å². The molecular formula is C17H28N2O5S. The fourth-order valence-corrected chi connectivity index (χ4v) is 3.71. The van der Waals surface area contributed by atoms with Crippen molar-refractivity contribution >= 4 is 16.1 Å². The molecule has 1 amide bonds. The fraction of sp³-hybridized carbons (Fsp3) is 0.588. The van der Waals surface area contributed by atoms with E-state index in [4.69, 9.17) is 9.47 Å². The molecule has 0 spiro atoms. The number of amides is 1. The number of nitrogens with one attached hydrogen (secondary N) is 1. The minimum atomic E-state index is -3.67. The Morgan fingerprint density at radius 1 is 1.32 bits per heavy atom. The predicted molar refractivity (Wildman–Crippen MR) is 96.4 cm³/mol. The lowest BCUT2D eigenvalue weighted by Crippen LogP contribution is -2.44. The Balaban J connectivity index is 2.81. The highest BCUT2D eigenvalue weighted by atomic mass is 32.2. The molecule has 0 saturated carbocycles. The second-order valence-corrected chi connectivity index (χ2v) is 8.98. The SMILES string of the molecule is COc1ccc(S(=O)(=O)N(C)C[C@H](C)NC(=O)OC(C)(C)C)c(C)c1. The molecule has 0 aliphatic carbocycles. The van der Waals surface area contributed by atoms with Crippen LogP contribution in [0.25, 0.3) is 0 Å². The minimum Gasteiger partial charge on any atom is -0.497 e. The molecular weight excluding hydrogens is 344 g/mol. The van der Waals surface area contributed by atoms with Gasteiger partial charge in [0.2, 0.25) is 10.0 Å². The second kappa shape index (κ2) is 8.05. The van der Waals surface area contributed by atoms with Crippen LogP contribution in [0.3, 0.4) is 0 Å². The lowest BCUT2D eigenvalue weighted by atomic mass is 10.2. The Kier molecular flexibility index (Phi) is 6.84. The summed E-state index contributed by atoms with van der Waals surface area (Å²) in [5.41, 5.74) is -0.0129. The molecule has 0 aliphatic heterocycles. The van der Waals surface area contributed by atoms with Gasteiger partial charge in [0.25, 0.3) is 0 Å². The normalized spacial score (nSPS) is 13.4. The highest BCUT2D eigenvalue weighted by Gasteiger charge is 2.25. The molecule has 0 bridgehead atoms. The van der Waals surface area contributed by atoms with Gasteiger partial charge in [-0.2, -0.15) is 4.31 Å². The molecule has 0 unspecified atom stereocenters. The first-order valence-corrected chi connectivity index (χ1v) is 9.41. The van der Waals surface area contributed by atoms with Gasteiger partial charge in [-0.1, -0.05) is 0 Å². The number of likely N-dealkylation sites (N-methyl/N-ethyl adjacent to an activating group) is 1. The molecule has 142 valence electrons. The average molecular weight is 372 g/mol. The number of hydrogen-bond donors (Lipinski definition) is 1. The lowest BCUT2D eigenvalue weighted by Gasteiger charge is -2.25. The quantitative estimate of drug-likeness (QED) is 0.829. The third-order valence-electron chi connectivity index (χ3n) is 3.36. The standard InChI is InChI=1S/C17H28N2O5S/c1-12-10-14(23-7)8-9-15(12)25(21,22)19(6)11-13(2)18-16(20)24-17(3,4)5/h8-10,13H,11H2,1-7H3,(H,18,20)/t13-/m0/s1. The van der Waals surface area contributed by atoms with Crippen molar-refractivity contribution in [2.45, 2.75) is 51.2 Å². The molecule has 1 aromatic carbocycles. The van der Waals surface area contributed by atoms with Gasteiger partial charge in [-0.3, -0.25) is 0 Å². The smallest absolute Gasteiger partial charge is 0.407 e. The molecule has 0 saturated heterocycles. The van der Waals surface area contributed by atoms with Gasteiger partial charge in [-0.15, -0.1) is 0 Å². The zero-order valence-electron chi connectivity index (χ0n) is 15.9. The van der Waals surface area contributed by atoms with Crippen LogP contribution in [-0.2, 0) is 14.8 Å². The minimum absolute atomic E-state index is 0.118. The number of benzene rings is 1. The van der Waals surface area contributed by atoms with Crippen molar-refractivity contribution in [1.82, 2.24) is 9.62 Å². The van der Waals surface area contributed by atoms with Crippen molar-refractivity contribution in [1.29, 1.82) is 0 Å². The van der Waals surface area contributed by atoms with E-state index in [2.05, 4.69) is 5.32 Å². The second-order valence-electron chi connectivity index (χ2n) is 6.96. The van der Waals surface area contributed by atoms with Gasteiger partial charge in [0.05, 0.1) is 12.0 Å². The number of carbonyl (C=O) groups excluding carboxylic acids is 1. The monoisotopic (exact) mass is 372 g/mol. The first-order valence-electron chi connectivity index (χ1n) is 7.97. The van der Waals surface area contributed by atoms with Crippen molar-refractivity contribution in [3.8, 4) is 5.75 Å². The Hall–Kier alpha value is -1.80. The molecule has 1 rings (SSSR count). The maximum atomic E-state index is 12.7. The van der Waals surface area contributed by atoms with Crippen molar-refractivity contribution in [3.63, 3.8) is 0 Å². The molecule has 25 heavy (non-hydrogen) atoms. The Bertz CT molecular complexity index is 710. The van der Waals surface area contributed by atoms with Crippen LogP contribution >= 0.6 is 0 Å². The first-order chi connectivity index (χ1) is 11.4. The van der Waals surface area contributed by atoms with Crippen LogP contribution in [0.5, 0.6) is 5.75 Å². The molecule has 7 nitrogen and oxygen atoms in total. The number of hydrogen-bond acceptors (Lipinski definition) is 5. The summed E-state index contributed by atoms with van der Waals surface area (Å²) in [5, 5.41) is 2.64. The number of nitrogens with zero attached hydrogens (tertiary/aromatic N) is 1. The number of ether oxygens (including phenoxy) is 2. The highest BCUT2D eigenvalue weighted by Crippen LogP contribution is 2.23. The maximum absolute atomic E-state index is 12.7.